The van der Waals surface area contributed by atoms with Crippen LogP contribution in [0.15, 0.2) is 60.7 Å². The van der Waals surface area contributed by atoms with Crippen LogP contribution in [0.3, 0.4) is 0 Å². The smallest absolute Gasteiger partial charge is 0.238 e. The Morgan fingerprint density at radius 2 is 1.71 bits per heavy atom. The van der Waals surface area contributed by atoms with Crippen LogP contribution in [0.25, 0.3) is 0 Å². The average molecular weight is 421 g/mol. The highest BCUT2D eigenvalue weighted by Gasteiger charge is 2.61. The molecule has 2 unspecified atom stereocenters. The van der Waals surface area contributed by atoms with Crippen molar-refractivity contribution in [2.75, 3.05) is 32.8 Å². The monoisotopic (exact) mass is 420 g/mol. The number of quaternary nitrogens is 1. The maximum Gasteiger partial charge on any atom is 0.238 e. The van der Waals surface area contributed by atoms with Crippen LogP contribution < -0.4 is 5.32 Å². The van der Waals surface area contributed by atoms with Crippen molar-refractivity contribution in [3.63, 3.8) is 0 Å². The zero-order chi connectivity index (χ0) is 21.1. The van der Waals surface area contributed by atoms with Crippen LogP contribution in [0.2, 0.25) is 0 Å². The molecule has 2 heterocycles. The highest BCUT2D eigenvalue weighted by molar-refractivity contribution is 5.82. The van der Waals surface area contributed by atoms with Gasteiger partial charge in [0.15, 0.2) is 0 Å². The molecule has 0 spiro atoms. The summed E-state index contributed by atoms with van der Waals surface area (Å²) in [6, 6.07) is 21.3. The van der Waals surface area contributed by atoms with Gasteiger partial charge in [0.05, 0.1) is 32.3 Å². The van der Waals surface area contributed by atoms with Gasteiger partial charge in [-0.25, -0.2) is 0 Å². The lowest BCUT2D eigenvalue weighted by Gasteiger charge is -2.54. The third-order valence-electron chi connectivity index (χ3n) is 7.53. The molecule has 2 aromatic carbocycles. The first-order chi connectivity index (χ1) is 15.3. The van der Waals surface area contributed by atoms with Crippen LogP contribution >= 0.6 is 0 Å². The SMILES string of the molecule is O=C1CN2C(COCCc3ccccc3)C[NH2+]CC2(C2CCC2)N1Cc1ccccc1. The molecule has 2 aliphatic heterocycles. The van der Waals surface area contributed by atoms with Crippen LogP contribution in [-0.2, 0) is 22.5 Å². The number of hydrogen-bond donors (Lipinski definition) is 1. The van der Waals surface area contributed by atoms with Gasteiger partial charge in [-0.3, -0.25) is 9.69 Å². The van der Waals surface area contributed by atoms with E-state index >= 15 is 0 Å². The minimum absolute atomic E-state index is 0.156. The maximum absolute atomic E-state index is 13.3. The lowest BCUT2D eigenvalue weighted by molar-refractivity contribution is -0.688. The second-order valence-corrected chi connectivity index (χ2v) is 9.29. The highest BCUT2D eigenvalue weighted by atomic mass is 16.5. The molecule has 5 heteroatoms. The van der Waals surface area contributed by atoms with Crippen molar-refractivity contribution < 1.29 is 14.8 Å². The number of benzene rings is 2. The van der Waals surface area contributed by atoms with E-state index in [2.05, 4.69) is 63.6 Å². The van der Waals surface area contributed by atoms with E-state index in [0.29, 0.717) is 25.6 Å². The molecule has 2 saturated heterocycles. The zero-order valence-corrected chi connectivity index (χ0v) is 18.3. The van der Waals surface area contributed by atoms with Gasteiger partial charge < -0.3 is 15.0 Å². The number of hydrogen-bond acceptors (Lipinski definition) is 3. The molecule has 0 bridgehead atoms. The molecule has 164 valence electrons. The molecule has 2 N–H and O–H groups in total. The Balaban J connectivity index is 1.29. The van der Waals surface area contributed by atoms with E-state index in [1.165, 1.54) is 30.4 Å². The van der Waals surface area contributed by atoms with Gasteiger partial charge in [0.2, 0.25) is 5.91 Å². The van der Waals surface area contributed by atoms with Crippen LogP contribution in [-0.4, -0.2) is 60.3 Å². The minimum Gasteiger partial charge on any atom is -0.379 e. The van der Waals surface area contributed by atoms with Gasteiger partial charge in [0, 0.05) is 12.5 Å². The largest absolute Gasteiger partial charge is 0.379 e. The number of rotatable bonds is 8. The molecule has 31 heavy (non-hydrogen) atoms. The van der Waals surface area contributed by atoms with E-state index in [1.54, 1.807) is 0 Å². The Bertz CT molecular complexity index is 871. The first-order valence-electron chi connectivity index (χ1n) is 11.8. The summed E-state index contributed by atoms with van der Waals surface area (Å²) in [5.41, 5.74) is 2.38. The molecule has 1 aliphatic carbocycles. The van der Waals surface area contributed by atoms with Gasteiger partial charge in [-0.15, -0.1) is 0 Å². The van der Waals surface area contributed by atoms with Crippen molar-refractivity contribution in [3.05, 3.63) is 71.8 Å². The van der Waals surface area contributed by atoms with Crippen LogP contribution in [0.5, 0.6) is 0 Å². The zero-order valence-electron chi connectivity index (χ0n) is 18.3. The third-order valence-corrected chi connectivity index (χ3v) is 7.53. The van der Waals surface area contributed by atoms with E-state index in [1.807, 2.05) is 12.1 Å². The van der Waals surface area contributed by atoms with Crippen molar-refractivity contribution in [3.8, 4) is 0 Å². The quantitative estimate of drug-likeness (QED) is 0.665. The predicted octanol–water partition coefficient (Wildman–Crippen LogP) is 2.03. The van der Waals surface area contributed by atoms with Gasteiger partial charge in [-0.1, -0.05) is 67.1 Å². The van der Waals surface area contributed by atoms with Crippen molar-refractivity contribution in [1.82, 2.24) is 9.80 Å². The minimum atomic E-state index is -0.156. The first-order valence-corrected chi connectivity index (χ1v) is 11.8. The number of ether oxygens (including phenoxy) is 1. The summed E-state index contributed by atoms with van der Waals surface area (Å²) in [6.07, 6.45) is 4.67. The second kappa shape index (κ2) is 9.11. The topological polar surface area (TPSA) is 49.4 Å². The summed E-state index contributed by atoms with van der Waals surface area (Å²) in [7, 11) is 0. The fraction of sp³-hybridized carbons (Fsp3) is 0.500. The Morgan fingerprint density at radius 1 is 1.00 bits per heavy atom. The van der Waals surface area contributed by atoms with Crippen LogP contribution in [0, 0.1) is 5.92 Å². The molecule has 1 amide bonds. The lowest BCUT2D eigenvalue weighted by atomic mass is 9.73. The van der Waals surface area contributed by atoms with Crippen molar-refractivity contribution in [1.29, 1.82) is 0 Å². The molecule has 1 saturated carbocycles. The summed E-state index contributed by atoms with van der Waals surface area (Å²) in [5.74, 6) is 0.853. The molecule has 5 rings (SSSR count). The number of fused-ring (bicyclic) bond motifs is 1. The average Bonchev–Trinajstić information content (AvgIpc) is 3.04. The number of nitrogens with zero attached hydrogens (tertiary/aromatic N) is 2. The number of piperazine rings is 1. The van der Waals surface area contributed by atoms with Gasteiger partial charge in [0.1, 0.15) is 12.2 Å². The second-order valence-electron chi connectivity index (χ2n) is 9.29. The van der Waals surface area contributed by atoms with Crippen LogP contribution in [0.4, 0.5) is 0 Å². The van der Waals surface area contributed by atoms with Crippen molar-refractivity contribution >= 4 is 5.91 Å². The fourth-order valence-electron chi connectivity index (χ4n) is 5.72. The lowest BCUT2D eigenvalue weighted by Crippen LogP contribution is -2.98. The number of nitrogens with two attached hydrogens (primary N) is 1. The summed E-state index contributed by atoms with van der Waals surface area (Å²) in [4.78, 5) is 18.0. The summed E-state index contributed by atoms with van der Waals surface area (Å²) in [6.45, 7) is 4.66. The Kier molecular flexibility index (Phi) is 6.08. The normalized spacial score (nSPS) is 26.6. The standard InChI is InChI=1S/C26H33N3O2/c30-25-18-28-24(19-31-15-14-21-8-3-1-4-9-21)16-27-20-26(28,23-12-7-13-23)29(25)17-22-10-5-2-6-11-22/h1-6,8-11,23-24,27H,7,12-20H2/p+1. The summed E-state index contributed by atoms with van der Waals surface area (Å²) < 4.78 is 6.16. The fourth-order valence-corrected chi connectivity index (χ4v) is 5.72. The van der Waals surface area contributed by atoms with Crippen molar-refractivity contribution in [2.24, 2.45) is 5.92 Å². The van der Waals surface area contributed by atoms with Crippen molar-refractivity contribution in [2.45, 2.75) is 43.9 Å². The van der Waals surface area contributed by atoms with E-state index < -0.39 is 0 Å². The van der Waals surface area contributed by atoms with E-state index in [0.717, 1.165) is 26.1 Å². The molecule has 5 nitrogen and oxygen atoms in total. The van der Waals surface area contributed by atoms with Gasteiger partial charge in [-0.05, 0) is 30.4 Å². The maximum atomic E-state index is 13.3. The highest BCUT2D eigenvalue weighted by Crippen LogP contribution is 2.46. The Hall–Kier alpha value is -2.21. The molecule has 3 fully saturated rings. The molecule has 0 aromatic heterocycles. The number of carbonyl (C=O) groups is 1. The first kappa shape index (κ1) is 20.7. The van der Waals surface area contributed by atoms with Gasteiger partial charge in [0.25, 0.3) is 0 Å². The van der Waals surface area contributed by atoms with Gasteiger partial charge in [-0.2, -0.15) is 0 Å². The Labute approximate surface area is 185 Å². The molecule has 2 aromatic rings. The van der Waals surface area contributed by atoms with Gasteiger partial charge >= 0.3 is 0 Å². The molecular formula is C26H34N3O2+. The molecular weight excluding hydrogens is 386 g/mol. The summed E-state index contributed by atoms with van der Waals surface area (Å²) >= 11 is 0. The molecule has 2 atom stereocenters. The third kappa shape index (κ3) is 4.02. The predicted molar refractivity (Wildman–Crippen MR) is 120 cm³/mol. The van der Waals surface area contributed by atoms with Crippen LogP contribution in [0.1, 0.15) is 30.4 Å². The number of carbonyl (C=O) groups excluding carboxylic acids is 1. The molecule has 3 aliphatic rings. The summed E-state index contributed by atoms with van der Waals surface area (Å²) in [5, 5.41) is 2.43. The van der Waals surface area contributed by atoms with E-state index in [-0.39, 0.29) is 17.6 Å². The Morgan fingerprint density at radius 3 is 2.39 bits per heavy atom. The molecule has 0 radical (unpaired) electrons. The number of amides is 1. The van der Waals surface area contributed by atoms with E-state index in [4.69, 9.17) is 4.74 Å². The van der Waals surface area contributed by atoms with E-state index in [9.17, 15) is 4.79 Å².